The molecule has 0 aliphatic carbocycles. The number of anilines is 1. The Hall–Kier alpha value is -2.14. The quantitative estimate of drug-likeness (QED) is 0.880. The van der Waals surface area contributed by atoms with Crippen molar-refractivity contribution in [3.8, 4) is 0 Å². The summed E-state index contributed by atoms with van der Waals surface area (Å²) < 4.78 is 5.01. The highest BCUT2D eigenvalue weighted by Gasteiger charge is 2.14. The molecule has 0 aliphatic heterocycles. The Bertz CT molecular complexity index is 676. The molecule has 5 heteroatoms. The summed E-state index contributed by atoms with van der Waals surface area (Å²) in [6, 6.07) is 7.49. The molecule has 1 aromatic heterocycles. The largest absolute Gasteiger partial charge is 0.451 e. The van der Waals surface area contributed by atoms with E-state index in [1.54, 1.807) is 0 Å². The Kier molecular flexibility index (Phi) is 4.75. The van der Waals surface area contributed by atoms with Crippen molar-refractivity contribution in [2.75, 3.05) is 11.9 Å². The van der Waals surface area contributed by atoms with Crippen molar-refractivity contribution in [1.82, 2.24) is 0 Å². The van der Waals surface area contributed by atoms with Gasteiger partial charge in [-0.2, -0.15) is 0 Å². The molecule has 1 heterocycles. The summed E-state index contributed by atoms with van der Waals surface area (Å²) in [7, 11) is 0. The number of nitrogens with one attached hydrogen (secondary N) is 1. The van der Waals surface area contributed by atoms with Gasteiger partial charge in [0, 0.05) is 5.69 Å². The molecule has 2 rings (SSSR count). The Labute approximate surface area is 127 Å². The minimum atomic E-state index is -0.460. The third-order valence-corrected chi connectivity index (χ3v) is 4.17. The van der Waals surface area contributed by atoms with Crippen molar-refractivity contribution < 1.29 is 14.3 Å². The number of benzene rings is 1. The average Bonchev–Trinajstić information content (AvgIpc) is 2.86. The zero-order chi connectivity index (χ0) is 15.4. The first-order valence-corrected chi connectivity index (χ1v) is 7.43. The van der Waals surface area contributed by atoms with Crippen molar-refractivity contribution >= 4 is 28.9 Å². The van der Waals surface area contributed by atoms with Gasteiger partial charge < -0.3 is 10.1 Å². The summed E-state index contributed by atoms with van der Waals surface area (Å²) in [5.74, 6) is -0.807. The van der Waals surface area contributed by atoms with Gasteiger partial charge in [0.25, 0.3) is 5.91 Å². The smallest absolute Gasteiger partial charge is 0.349 e. The first kappa shape index (κ1) is 15.3. The van der Waals surface area contributed by atoms with E-state index in [2.05, 4.69) is 5.32 Å². The minimum Gasteiger partial charge on any atom is -0.451 e. The summed E-state index contributed by atoms with van der Waals surface area (Å²) in [6.07, 6.45) is 0. The van der Waals surface area contributed by atoms with Crippen LogP contribution in [0.4, 0.5) is 5.69 Å². The van der Waals surface area contributed by atoms with E-state index in [4.69, 9.17) is 4.74 Å². The predicted molar refractivity (Wildman–Crippen MR) is 83.9 cm³/mol. The zero-order valence-electron chi connectivity index (χ0n) is 12.2. The van der Waals surface area contributed by atoms with E-state index in [1.807, 2.05) is 50.4 Å². The summed E-state index contributed by atoms with van der Waals surface area (Å²) >= 11 is 1.31. The van der Waals surface area contributed by atoms with Crippen LogP contribution in [0.3, 0.4) is 0 Å². The van der Waals surface area contributed by atoms with Crippen LogP contribution >= 0.6 is 11.3 Å². The van der Waals surface area contributed by atoms with E-state index in [0.29, 0.717) is 10.6 Å². The highest BCUT2D eigenvalue weighted by Crippen LogP contribution is 2.17. The Morgan fingerprint density at radius 3 is 2.48 bits per heavy atom. The van der Waals surface area contributed by atoms with Gasteiger partial charge in [0.1, 0.15) is 4.88 Å². The number of hydrogen-bond acceptors (Lipinski definition) is 4. The second-order valence-electron chi connectivity index (χ2n) is 4.86. The lowest BCUT2D eigenvalue weighted by Gasteiger charge is -2.08. The van der Waals surface area contributed by atoms with E-state index in [1.165, 1.54) is 11.3 Å². The van der Waals surface area contributed by atoms with E-state index < -0.39 is 5.97 Å². The van der Waals surface area contributed by atoms with E-state index in [0.717, 1.165) is 16.7 Å². The van der Waals surface area contributed by atoms with E-state index in [-0.39, 0.29) is 12.5 Å². The second kappa shape index (κ2) is 6.54. The van der Waals surface area contributed by atoms with E-state index >= 15 is 0 Å². The van der Waals surface area contributed by atoms with Gasteiger partial charge >= 0.3 is 5.97 Å². The van der Waals surface area contributed by atoms with E-state index in [9.17, 15) is 9.59 Å². The van der Waals surface area contributed by atoms with Crippen LogP contribution in [0, 0.1) is 20.8 Å². The molecule has 2 aromatic rings. The molecule has 0 aliphatic rings. The topological polar surface area (TPSA) is 55.4 Å². The highest BCUT2D eigenvalue weighted by molar-refractivity contribution is 7.12. The summed E-state index contributed by atoms with van der Waals surface area (Å²) in [4.78, 5) is 24.1. The molecule has 110 valence electrons. The van der Waals surface area contributed by atoms with Crippen LogP contribution in [0.2, 0.25) is 0 Å². The molecule has 0 bridgehead atoms. The molecule has 0 saturated heterocycles. The fourth-order valence-corrected chi connectivity index (χ4v) is 2.61. The number of aryl methyl sites for hydroxylation is 3. The van der Waals surface area contributed by atoms with Crippen LogP contribution in [0.1, 0.15) is 26.4 Å². The molecule has 0 unspecified atom stereocenters. The second-order valence-corrected chi connectivity index (χ2v) is 5.77. The number of hydrogen-bond donors (Lipinski definition) is 1. The van der Waals surface area contributed by atoms with Gasteiger partial charge in [-0.25, -0.2) is 4.79 Å². The van der Waals surface area contributed by atoms with Crippen molar-refractivity contribution in [3.05, 3.63) is 51.2 Å². The molecular weight excluding hydrogens is 286 g/mol. The Morgan fingerprint density at radius 1 is 1.10 bits per heavy atom. The molecule has 0 radical (unpaired) electrons. The highest BCUT2D eigenvalue weighted by atomic mass is 32.1. The number of thiophene rings is 1. The van der Waals surface area contributed by atoms with Gasteiger partial charge in [0.05, 0.1) is 0 Å². The normalized spacial score (nSPS) is 10.2. The molecule has 0 saturated carbocycles. The molecule has 21 heavy (non-hydrogen) atoms. The fourth-order valence-electron chi connectivity index (χ4n) is 1.79. The summed E-state index contributed by atoms with van der Waals surface area (Å²) in [5.41, 5.74) is 3.82. The molecule has 0 fully saturated rings. The lowest BCUT2D eigenvalue weighted by Crippen LogP contribution is -2.20. The molecule has 1 N–H and O–H groups in total. The number of rotatable bonds is 4. The van der Waals surface area contributed by atoms with Gasteiger partial charge in [-0.3, -0.25) is 4.79 Å². The maximum Gasteiger partial charge on any atom is 0.349 e. The van der Waals surface area contributed by atoms with Gasteiger partial charge in [-0.15, -0.1) is 11.3 Å². The van der Waals surface area contributed by atoms with Crippen LogP contribution in [0.25, 0.3) is 0 Å². The third kappa shape index (κ3) is 3.92. The van der Waals surface area contributed by atoms with Crippen LogP contribution in [-0.4, -0.2) is 18.5 Å². The first-order chi connectivity index (χ1) is 9.97. The van der Waals surface area contributed by atoms with Gasteiger partial charge in [-0.05, 0) is 61.0 Å². The van der Waals surface area contributed by atoms with Crippen molar-refractivity contribution in [1.29, 1.82) is 0 Å². The Morgan fingerprint density at radius 2 is 1.86 bits per heavy atom. The maximum atomic E-state index is 11.8. The van der Waals surface area contributed by atoms with Gasteiger partial charge in [0.2, 0.25) is 0 Å². The van der Waals surface area contributed by atoms with Crippen LogP contribution in [0.5, 0.6) is 0 Å². The number of ether oxygens (including phenoxy) is 1. The molecular formula is C16H17NO3S. The summed E-state index contributed by atoms with van der Waals surface area (Å²) in [6.45, 7) is 5.53. The van der Waals surface area contributed by atoms with Crippen molar-refractivity contribution in [2.24, 2.45) is 0 Å². The standard InChI is InChI=1S/C16H17NO3S/c1-10-4-5-13(8-12(10)3)17-14(18)9-20-16(19)15-11(2)6-7-21-15/h4-8H,9H2,1-3H3,(H,17,18). The van der Waals surface area contributed by atoms with Gasteiger partial charge in [0.15, 0.2) is 6.61 Å². The fraction of sp³-hybridized carbons (Fsp3) is 0.250. The van der Waals surface area contributed by atoms with Crippen LogP contribution in [0.15, 0.2) is 29.6 Å². The van der Waals surface area contributed by atoms with Crippen molar-refractivity contribution in [3.63, 3.8) is 0 Å². The molecule has 4 nitrogen and oxygen atoms in total. The number of esters is 1. The lowest BCUT2D eigenvalue weighted by molar-refractivity contribution is -0.119. The molecule has 0 spiro atoms. The molecule has 1 amide bonds. The monoisotopic (exact) mass is 303 g/mol. The SMILES string of the molecule is Cc1ccc(NC(=O)COC(=O)c2sccc2C)cc1C. The maximum absolute atomic E-state index is 11.8. The zero-order valence-corrected chi connectivity index (χ0v) is 13.0. The first-order valence-electron chi connectivity index (χ1n) is 6.55. The van der Waals surface area contributed by atoms with Crippen LogP contribution < -0.4 is 5.32 Å². The molecule has 0 atom stereocenters. The summed E-state index contributed by atoms with van der Waals surface area (Å²) in [5, 5.41) is 4.53. The number of amides is 1. The lowest BCUT2D eigenvalue weighted by atomic mass is 10.1. The molecule has 1 aromatic carbocycles. The Balaban J connectivity index is 1.89. The van der Waals surface area contributed by atoms with Gasteiger partial charge in [-0.1, -0.05) is 6.07 Å². The minimum absolute atomic E-state index is 0.289. The number of carbonyl (C=O) groups is 2. The number of carbonyl (C=O) groups excluding carboxylic acids is 2. The third-order valence-electron chi connectivity index (χ3n) is 3.17. The van der Waals surface area contributed by atoms with Crippen LogP contribution in [-0.2, 0) is 9.53 Å². The predicted octanol–water partition coefficient (Wildman–Crippen LogP) is 3.47. The average molecular weight is 303 g/mol. The van der Waals surface area contributed by atoms with Crippen molar-refractivity contribution in [2.45, 2.75) is 20.8 Å².